The molecular formula is C14H18ClNO2. The predicted molar refractivity (Wildman–Crippen MR) is 72.0 cm³/mol. The Bertz CT molecular complexity index is 447. The first-order valence-corrected chi connectivity index (χ1v) is 6.70. The van der Waals surface area contributed by atoms with Crippen LogP contribution in [0.25, 0.3) is 0 Å². The van der Waals surface area contributed by atoms with Gasteiger partial charge in [-0.2, -0.15) is 0 Å². The Kier molecular flexibility index (Phi) is 4.12. The molecule has 0 spiro atoms. The van der Waals surface area contributed by atoms with Crippen molar-refractivity contribution in [2.45, 2.75) is 26.2 Å². The SMILES string of the molecule is CC1CCC(CNC(=O)c2ccc(Cl)cc2O)C1. The summed E-state index contributed by atoms with van der Waals surface area (Å²) in [6.07, 6.45) is 3.59. The van der Waals surface area contributed by atoms with Gasteiger partial charge in [-0.3, -0.25) is 4.79 Å². The highest BCUT2D eigenvalue weighted by Gasteiger charge is 2.22. The van der Waals surface area contributed by atoms with E-state index in [0.29, 0.717) is 17.5 Å². The molecule has 18 heavy (non-hydrogen) atoms. The van der Waals surface area contributed by atoms with Gasteiger partial charge in [0.25, 0.3) is 5.91 Å². The fourth-order valence-corrected chi connectivity index (χ4v) is 2.71. The Morgan fingerprint density at radius 2 is 2.28 bits per heavy atom. The molecule has 0 aliphatic heterocycles. The van der Waals surface area contributed by atoms with Gasteiger partial charge < -0.3 is 10.4 Å². The number of nitrogens with one attached hydrogen (secondary N) is 1. The zero-order valence-corrected chi connectivity index (χ0v) is 11.2. The maximum Gasteiger partial charge on any atom is 0.255 e. The van der Waals surface area contributed by atoms with Crippen LogP contribution in [0.4, 0.5) is 0 Å². The Labute approximate surface area is 112 Å². The van der Waals surface area contributed by atoms with E-state index in [1.807, 2.05) is 0 Å². The predicted octanol–water partition coefficient (Wildman–Crippen LogP) is 3.21. The molecule has 1 aliphatic rings. The molecule has 0 aromatic heterocycles. The quantitative estimate of drug-likeness (QED) is 0.883. The summed E-state index contributed by atoms with van der Waals surface area (Å²) in [5, 5.41) is 13.0. The van der Waals surface area contributed by atoms with E-state index in [1.165, 1.54) is 25.3 Å². The number of phenolic OH excluding ortho intramolecular Hbond substituents is 1. The molecule has 1 aromatic carbocycles. The zero-order chi connectivity index (χ0) is 13.1. The Balaban J connectivity index is 1.91. The number of aromatic hydroxyl groups is 1. The highest BCUT2D eigenvalue weighted by atomic mass is 35.5. The van der Waals surface area contributed by atoms with Crippen molar-refractivity contribution in [1.29, 1.82) is 0 Å². The van der Waals surface area contributed by atoms with Crippen LogP contribution < -0.4 is 5.32 Å². The van der Waals surface area contributed by atoms with Crippen LogP contribution in [0, 0.1) is 11.8 Å². The Morgan fingerprint density at radius 3 is 2.89 bits per heavy atom. The Hall–Kier alpha value is -1.22. The fraction of sp³-hybridized carbons (Fsp3) is 0.500. The summed E-state index contributed by atoms with van der Waals surface area (Å²) in [4.78, 5) is 11.9. The van der Waals surface area contributed by atoms with Gasteiger partial charge >= 0.3 is 0 Å². The highest BCUT2D eigenvalue weighted by molar-refractivity contribution is 6.30. The lowest BCUT2D eigenvalue weighted by atomic mass is 10.1. The molecular weight excluding hydrogens is 250 g/mol. The standard InChI is InChI=1S/C14H18ClNO2/c1-9-2-3-10(6-9)8-16-14(18)12-5-4-11(15)7-13(12)17/h4-5,7,9-10,17H,2-3,6,8H2,1H3,(H,16,18). The molecule has 2 unspecified atom stereocenters. The van der Waals surface area contributed by atoms with Crippen molar-refractivity contribution >= 4 is 17.5 Å². The average molecular weight is 268 g/mol. The number of halogens is 1. The number of carbonyl (C=O) groups is 1. The number of hydrogen-bond donors (Lipinski definition) is 2. The molecule has 1 aliphatic carbocycles. The van der Waals surface area contributed by atoms with Crippen LogP contribution >= 0.6 is 11.6 Å². The van der Waals surface area contributed by atoms with E-state index in [9.17, 15) is 9.90 Å². The first kappa shape index (κ1) is 13.2. The van der Waals surface area contributed by atoms with Crippen molar-refractivity contribution in [1.82, 2.24) is 5.32 Å². The minimum Gasteiger partial charge on any atom is -0.507 e. The van der Waals surface area contributed by atoms with Crippen LogP contribution in [-0.2, 0) is 0 Å². The maximum atomic E-state index is 11.9. The van der Waals surface area contributed by atoms with Gasteiger partial charge in [-0.1, -0.05) is 24.9 Å². The summed E-state index contributed by atoms with van der Waals surface area (Å²) in [6.45, 7) is 2.93. The third-order valence-corrected chi connectivity index (χ3v) is 3.79. The molecule has 4 heteroatoms. The second-order valence-corrected chi connectivity index (χ2v) is 5.59. The number of benzene rings is 1. The lowest BCUT2D eigenvalue weighted by Crippen LogP contribution is -2.28. The van der Waals surface area contributed by atoms with Gasteiger partial charge in [0.2, 0.25) is 0 Å². The van der Waals surface area contributed by atoms with Crippen molar-refractivity contribution in [3.8, 4) is 5.75 Å². The summed E-state index contributed by atoms with van der Waals surface area (Å²) in [5.41, 5.74) is 0.283. The molecule has 2 N–H and O–H groups in total. The van der Waals surface area contributed by atoms with Crippen molar-refractivity contribution in [2.24, 2.45) is 11.8 Å². The monoisotopic (exact) mass is 267 g/mol. The van der Waals surface area contributed by atoms with Gasteiger partial charge in [0.05, 0.1) is 5.56 Å². The molecule has 98 valence electrons. The normalized spacial score (nSPS) is 23.0. The molecule has 0 bridgehead atoms. The fourth-order valence-electron chi connectivity index (χ4n) is 2.54. The maximum absolute atomic E-state index is 11.9. The van der Waals surface area contributed by atoms with Gasteiger partial charge in [-0.15, -0.1) is 0 Å². The summed E-state index contributed by atoms with van der Waals surface area (Å²) in [7, 11) is 0. The van der Waals surface area contributed by atoms with Crippen molar-refractivity contribution < 1.29 is 9.90 Å². The molecule has 1 aromatic rings. The largest absolute Gasteiger partial charge is 0.507 e. The lowest BCUT2D eigenvalue weighted by molar-refractivity contribution is 0.0944. The molecule has 3 nitrogen and oxygen atoms in total. The third kappa shape index (κ3) is 3.16. The number of amides is 1. The highest BCUT2D eigenvalue weighted by Crippen LogP contribution is 2.29. The second-order valence-electron chi connectivity index (χ2n) is 5.16. The smallest absolute Gasteiger partial charge is 0.255 e. The first-order chi connectivity index (χ1) is 8.56. The van der Waals surface area contributed by atoms with E-state index >= 15 is 0 Å². The van der Waals surface area contributed by atoms with Crippen molar-refractivity contribution in [3.63, 3.8) is 0 Å². The lowest BCUT2D eigenvalue weighted by Gasteiger charge is -2.11. The molecule has 2 rings (SSSR count). The van der Waals surface area contributed by atoms with E-state index in [1.54, 1.807) is 12.1 Å². The van der Waals surface area contributed by atoms with Crippen LogP contribution in [0.3, 0.4) is 0 Å². The number of rotatable bonds is 3. The average Bonchev–Trinajstić information content (AvgIpc) is 2.72. The summed E-state index contributed by atoms with van der Waals surface area (Å²) >= 11 is 5.73. The van der Waals surface area contributed by atoms with Crippen molar-refractivity contribution in [3.05, 3.63) is 28.8 Å². The molecule has 0 heterocycles. The summed E-state index contributed by atoms with van der Waals surface area (Å²) in [5.74, 6) is 1.03. The topological polar surface area (TPSA) is 49.3 Å². The van der Waals surface area contributed by atoms with Gasteiger partial charge in [-0.05, 0) is 42.9 Å². The van der Waals surface area contributed by atoms with Crippen LogP contribution in [0.2, 0.25) is 5.02 Å². The second kappa shape index (κ2) is 5.61. The van der Waals surface area contributed by atoms with Gasteiger partial charge in [0, 0.05) is 11.6 Å². The Morgan fingerprint density at radius 1 is 1.50 bits per heavy atom. The van der Waals surface area contributed by atoms with Crippen LogP contribution in [0.15, 0.2) is 18.2 Å². The summed E-state index contributed by atoms with van der Waals surface area (Å²) < 4.78 is 0. The molecule has 1 saturated carbocycles. The minimum absolute atomic E-state index is 0.0696. The molecule has 1 fully saturated rings. The van der Waals surface area contributed by atoms with E-state index in [4.69, 9.17) is 11.6 Å². The van der Waals surface area contributed by atoms with Gasteiger partial charge in [0.15, 0.2) is 0 Å². The van der Waals surface area contributed by atoms with Gasteiger partial charge in [0.1, 0.15) is 5.75 Å². The number of carbonyl (C=O) groups excluding carboxylic acids is 1. The third-order valence-electron chi connectivity index (χ3n) is 3.56. The van der Waals surface area contributed by atoms with Crippen molar-refractivity contribution in [2.75, 3.05) is 6.54 Å². The van der Waals surface area contributed by atoms with Gasteiger partial charge in [-0.25, -0.2) is 0 Å². The van der Waals surface area contributed by atoms with Crippen LogP contribution in [0.1, 0.15) is 36.5 Å². The molecule has 0 radical (unpaired) electrons. The molecule has 1 amide bonds. The first-order valence-electron chi connectivity index (χ1n) is 6.33. The van der Waals surface area contributed by atoms with Crippen LogP contribution in [-0.4, -0.2) is 17.6 Å². The number of hydrogen-bond acceptors (Lipinski definition) is 2. The zero-order valence-electron chi connectivity index (χ0n) is 10.4. The van der Waals surface area contributed by atoms with E-state index < -0.39 is 0 Å². The summed E-state index contributed by atoms with van der Waals surface area (Å²) in [6, 6.07) is 4.53. The van der Waals surface area contributed by atoms with Crippen LogP contribution in [0.5, 0.6) is 5.75 Å². The van der Waals surface area contributed by atoms with E-state index in [2.05, 4.69) is 12.2 Å². The molecule has 2 atom stereocenters. The minimum atomic E-state index is -0.233. The van der Waals surface area contributed by atoms with E-state index in [-0.39, 0.29) is 17.2 Å². The number of phenols is 1. The van der Waals surface area contributed by atoms with E-state index in [0.717, 1.165) is 5.92 Å². The molecule has 0 saturated heterocycles.